The number of carbonyl (C=O) groups excluding carboxylic acids is 1. The number of hydrogen-bond acceptors (Lipinski definition) is 3. The number of nitrogens with one attached hydrogen (secondary N) is 1. The Kier molecular flexibility index (Phi) is 3.86. The van der Waals surface area contributed by atoms with Gasteiger partial charge in [0.15, 0.2) is 0 Å². The van der Waals surface area contributed by atoms with Crippen LogP contribution >= 0.6 is 15.9 Å². The zero-order chi connectivity index (χ0) is 15.0. The van der Waals surface area contributed by atoms with Gasteiger partial charge in [-0.1, -0.05) is 15.9 Å². The standard InChI is InChI=1S/C14H15BrN2O4/c15-9-3-8(13(18)19)4-10(5-9)16-14(20)17-6-11-1-2-12(7-17)21-11/h3-5,11-12H,1-2,6-7H2,(H,16,20)(H,18,19). The minimum absolute atomic E-state index is 0.127. The molecule has 2 aliphatic rings. The first kappa shape index (κ1) is 14.3. The molecule has 2 heterocycles. The molecule has 2 amide bonds. The fourth-order valence-corrected chi connectivity index (χ4v) is 3.26. The summed E-state index contributed by atoms with van der Waals surface area (Å²) in [6.45, 7) is 1.17. The first-order chi connectivity index (χ1) is 10.0. The van der Waals surface area contributed by atoms with Crippen molar-refractivity contribution in [2.45, 2.75) is 25.0 Å². The van der Waals surface area contributed by atoms with Crippen molar-refractivity contribution >= 4 is 33.6 Å². The number of fused-ring (bicyclic) bond motifs is 2. The number of likely N-dealkylation sites (tertiary alicyclic amines) is 1. The highest BCUT2D eigenvalue weighted by atomic mass is 79.9. The number of benzene rings is 1. The summed E-state index contributed by atoms with van der Waals surface area (Å²) >= 11 is 3.25. The largest absolute Gasteiger partial charge is 0.478 e. The van der Waals surface area contributed by atoms with Crippen LogP contribution in [0.2, 0.25) is 0 Å². The van der Waals surface area contributed by atoms with Crippen LogP contribution < -0.4 is 5.32 Å². The van der Waals surface area contributed by atoms with Crippen LogP contribution in [0.4, 0.5) is 10.5 Å². The molecule has 0 spiro atoms. The third-order valence-corrected chi connectivity index (χ3v) is 4.18. The van der Waals surface area contributed by atoms with Gasteiger partial charge in [0.2, 0.25) is 0 Å². The molecule has 2 fully saturated rings. The number of carbonyl (C=O) groups is 2. The highest BCUT2D eigenvalue weighted by molar-refractivity contribution is 9.10. The Hall–Kier alpha value is -1.60. The van der Waals surface area contributed by atoms with Crippen molar-refractivity contribution in [2.24, 2.45) is 0 Å². The number of anilines is 1. The van der Waals surface area contributed by atoms with E-state index in [1.165, 1.54) is 12.1 Å². The Labute approximate surface area is 130 Å². The third-order valence-electron chi connectivity index (χ3n) is 3.73. The summed E-state index contributed by atoms with van der Waals surface area (Å²) in [5, 5.41) is 11.8. The van der Waals surface area contributed by atoms with Crippen LogP contribution in [0.3, 0.4) is 0 Å². The smallest absolute Gasteiger partial charge is 0.335 e. The molecule has 2 bridgehead atoms. The van der Waals surface area contributed by atoms with Gasteiger partial charge in [-0.25, -0.2) is 9.59 Å². The van der Waals surface area contributed by atoms with Crippen LogP contribution in [0, 0.1) is 0 Å². The molecule has 0 aromatic heterocycles. The molecule has 2 N–H and O–H groups in total. The zero-order valence-corrected chi connectivity index (χ0v) is 12.8. The van der Waals surface area contributed by atoms with Gasteiger partial charge in [-0.15, -0.1) is 0 Å². The van der Waals surface area contributed by atoms with Crippen LogP contribution in [0.15, 0.2) is 22.7 Å². The summed E-state index contributed by atoms with van der Waals surface area (Å²) in [6, 6.07) is 4.40. The van der Waals surface area contributed by atoms with Gasteiger partial charge in [-0.05, 0) is 31.0 Å². The maximum Gasteiger partial charge on any atom is 0.335 e. The summed E-state index contributed by atoms with van der Waals surface area (Å²) in [5.41, 5.74) is 0.590. The number of nitrogens with zero attached hydrogens (tertiary/aromatic N) is 1. The van der Waals surface area contributed by atoms with Crippen LogP contribution in [-0.2, 0) is 4.74 Å². The minimum Gasteiger partial charge on any atom is -0.478 e. The van der Waals surface area contributed by atoms with Crippen molar-refractivity contribution < 1.29 is 19.4 Å². The molecule has 0 radical (unpaired) electrons. The second-order valence-corrected chi connectivity index (χ2v) is 6.24. The number of halogens is 1. The second kappa shape index (κ2) is 5.65. The van der Waals surface area contributed by atoms with E-state index in [2.05, 4.69) is 21.2 Å². The van der Waals surface area contributed by atoms with E-state index in [0.717, 1.165) is 12.8 Å². The van der Waals surface area contributed by atoms with Gasteiger partial charge in [0.05, 0.1) is 17.8 Å². The normalized spacial score (nSPS) is 24.0. The first-order valence-electron chi connectivity index (χ1n) is 6.76. The number of carboxylic acids is 1. The van der Waals surface area contributed by atoms with E-state index < -0.39 is 5.97 Å². The van der Waals surface area contributed by atoms with Crippen molar-refractivity contribution in [3.63, 3.8) is 0 Å². The van der Waals surface area contributed by atoms with Crippen LogP contribution in [0.5, 0.6) is 0 Å². The highest BCUT2D eigenvalue weighted by Crippen LogP contribution is 2.27. The van der Waals surface area contributed by atoms with Gasteiger partial charge in [-0.2, -0.15) is 0 Å². The van der Waals surface area contributed by atoms with Gasteiger partial charge in [0, 0.05) is 23.2 Å². The van der Waals surface area contributed by atoms with Crippen molar-refractivity contribution in [3.8, 4) is 0 Å². The molecule has 0 aliphatic carbocycles. The van der Waals surface area contributed by atoms with Gasteiger partial charge in [0.1, 0.15) is 0 Å². The minimum atomic E-state index is -1.03. The Morgan fingerprint density at radius 2 is 1.90 bits per heavy atom. The summed E-state index contributed by atoms with van der Waals surface area (Å²) in [4.78, 5) is 25.0. The average molecular weight is 355 g/mol. The topological polar surface area (TPSA) is 78.9 Å². The average Bonchev–Trinajstić information content (AvgIpc) is 2.76. The van der Waals surface area contributed by atoms with Gasteiger partial charge < -0.3 is 20.1 Å². The number of morpholine rings is 1. The van der Waals surface area contributed by atoms with E-state index >= 15 is 0 Å². The van der Waals surface area contributed by atoms with Crippen LogP contribution in [-0.4, -0.2) is 47.3 Å². The molecular weight excluding hydrogens is 340 g/mol. The summed E-state index contributed by atoms with van der Waals surface area (Å²) in [5.74, 6) is -1.03. The number of hydrogen-bond donors (Lipinski definition) is 2. The molecular formula is C14H15BrN2O4. The molecule has 6 nitrogen and oxygen atoms in total. The van der Waals surface area contributed by atoms with Crippen LogP contribution in [0.25, 0.3) is 0 Å². The number of aromatic carboxylic acids is 1. The van der Waals surface area contributed by atoms with Gasteiger partial charge >= 0.3 is 12.0 Å². The van der Waals surface area contributed by atoms with E-state index in [9.17, 15) is 9.59 Å². The predicted octanol–water partition coefficient (Wildman–Crippen LogP) is 2.54. The molecule has 2 atom stereocenters. The highest BCUT2D eigenvalue weighted by Gasteiger charge is 2.35. The molecule has 3 rings (SSSR count). The molecule has 1 aromatic rings. The van der Waals surface area contributed by atoms with E-state index in [1.54, 1.807) is 11.0 Å². The maximum absolute atomic E-state index is 12.3. The molecule has 2 saturated heterocycles. The van der Waals surface area contributed by atoms with Crippen molar-refractivity contribution in [1.82, 2.24) is 4.90 Å². The fourth-order valence-electron chi connectivity index (χ4n) is 2.77. The molecule has 21 heavy (non-hydrogen) atoms. The van der Waals surface area contributed by atoms with Crippen molar-refractivity contribution in [2.75, 3.05) is 18.4 Å². The second-order valence-electron chi connectivity index (χ2n) is 5.33. The zero-order valence-electron chi connectivity index (χ0n) is 11.2. The van der Waals surface area contributed by atoms with E-state index in [4.69, 9.17) is 9.84 Å². The number of carboxylic acid groups (broad SMARTS) is 1. The summed E-state index contributed by atoms with van der Waals surface area (Å²) in [6.07, 6.45) is 2.25. The predicted molar refractivity (Wildman–Crippen MR) is 79.6 cm³/mol. The molecule has 0 saturated carbocycles. The number of urea groups is 1. The monoisotopic (exact) mass is 354 g/mol. The lowest BCUT2D eigenvalue weighted by molar-refractivity contribution is -0.0219. The fraction of sp³-hybridized carbons (Fsp3) is 0.429. The SMILES string of the molecule is O=C(O)c1cc(Br)cc(NC(=O)N2CC3CCC(C2)O3)c1. The van der Waals surface area contributed by atoms with Crippen molar-refractivity contribution in [3.05, 3.63) is 28.2 Å². The molecule has 112 valence electrons. The van der Waals surface area contributed by atoms with E-state index in [1.807, 2.05) is 0 Å². The molecule has 2 unspecified atom stereocenters. The number of ether oxygens (including phenoxy) is 1. The Morgan fingerprint density at radius 1 is 1.24 bits per heavy atom. The Balaban J connectivity index is 1.71. The summed E-state index contributed by atoms with van der Waals surface area (Å²) in [7, 11) is 0. The summed E-state index contributed by atoms with van der Waals surface area (Å²) < 4.78 is 6.30. The quantitative estimate of drug-likeness (QED) is 0.855. The molecule has 7 heteroatoms. The van der Waals surface area contributed by atoms with Crippen molar-refractivity contribution in [1.29, 1.82) is 0 Å². The van der Waals surface area contributed by atoms with Gasteiger partial charge in [-0.3, -0.25) is 0 Å². The Bertz CT molecular complexity index is 580. The van der Waals surface area contributed by atoms with E-state index in [0.29, 0.717) is 23.2 Å². The van der Waals surface area contributed by atoms with Gasteiger partial charge in [0.25, 0.3) is 0 Å². The molecule has 2 aliphatic heterocycles. The lowest BCUT2D eigenvalue weighted by Crippen LogP contribution is -2.47. The van der Waals surface area contributed by atoms with Crippen LogP contribution in [0.1, 0.15) is 23.2 Å². The number of amides is 2. The Morgan fingerprint density at radius 3 is 2.52 bits per heavy atom. The first-order valence-corrected chi connectivity index (χ1v) is 7.56. The number of rotatable bonds is 2. The molecule has 1 aromatic carbocycles. The third kappa shape index (κ3) is 3.19. The van der Waals surface area contributed by atoms with E-state index in [-0.39, 0.29) is 23.8 Å². The maximum atomic E-state index is 12.3. The lowest BCUT2D eigenvalue weighted by atomic mass is 10.2. The lowest BCUT2D eigenvalue weighted by Gasteiger charge is -2.32.